The van der Waals surface area contributed by atoms with Gasteiger partial charge in [0.15, 0.2) is 0 Å². The predicted octanol–water partition coefficient (Wildman–Crippen LogP) is 1.21. The lowest BCUT2D eigenvalue weighted by atomic mass is 10.1. The summed E-state index contributed by atoms with van der Waals surface area (Å²) < 4.78 is 12.5. The fourth-order valence-corrected chi connectivity index (χ4v) is 1.19. The van der Waals surface area contributed by atoms with E-state index in [9.17, 15) is 9.18 Å². The van der Waals surface area contributed by atoms with Crippen LogP contribution in [0.15, 0.2) is 0 Å². The Balaban J connectivity index is 2.49. The van der Waals surface area contributed by atoms with E-state index in [0.29, 0.717) is 12.8 Å². The maximum absolute atomic E-state index is 12.5. The molecular formula is C6H9FO2. The number of rotatable bonds is 1. The molecule has 0 heterocycles. The fraction of sp³-hybridized carbons (Fsp3) is 0.833. The highest BCUT2D eigenvalue weighted by atomic mass is 19.1. The third-order valence-corrected chi connectivity index (χ3v) is 1.75. The van der Waals surface area contributed by atoms with Gasteiger partial charge in [-0.25, -0.2) is 4.39 Å². The highest BCUT2D eigenvalue weighted by Crippen LogP contribution is 2.27. The van der Waals surface area contributed by atoms with Gasteiger partial charge in [-0.3, -0.25) is 4.79 Å². The molecule has 1 saturated carbocycles. The van der Waals surface area contributed by atoms with Crippen LogP contribution in [0.3, 0.4) is 0 Å². The molecule has 3 heteroatoms. The molecule has 2 unspecified atom stereocenters. The molecule has 1 fully saturated rings. The molecule has 0 aromatic rings. The number of halogens is 1. The van der Waals surface area contributed by atoms with E-state index in [1.54, 1.807) is 0 Å². The quantitative estimate of drug-likeness (QED) is 0.582. The van der Waals surface area contributed by atoms with Gasteiger partial charge in [0.1, 0.15) is 6.17 Å². The molecule has 1 aliphatic carbocycles. The maximum atomic E-state index is 12.5. The molecule has 0 saturated heterocycles. The predicted molar refractivity (Wildman–Crippen MR) is 29.9 cm³/mol. The summed E-state index contributed by atoms with van der Waals surface area (Å²) in [6.07, 6.45) is 0.563. The molecule has 9 heavy (non-hydrogen) atoms. The van der Waals surface area contributed by atoms with Crippen molar-refractivity contribution < 1.29 is 14.3 Å². The van der Waals surface area contributed by atoms with Crippen LogP contribution in [-0.4, -0.2) is 17.2 Å². The van der Waals surface area contributed by atoms with Crippen LogP contribution in [0.5, 0.6) is 0 Å². The number of alkyl halides is 1. The maximum Gasteiger partial charge on any atom is 0.309 e. The van der Waals surface area contributed by atoms with Gasteiger partial charge in [-0.15, -0.1) is 0 Å². The zero-order chi connectivity index (χ0) is 6.85. The zero-order valence-corrected chi connectivity index (χ0v) is 5.01. The lowest BCUT2D eigenvalue weighted by Gasteiger charge is -2.03. The summed E-state index contributed by atoms with van der Waals surface area (Å²) in [6, 6.07) is 0. The molecule has 0 radical (unpaired) electrons. The molecule has 52 valence electrons. The molecule has 2 nitrogen and oxygen atoms in total. The van der Waals surface area contributed by atoms with Gasteiger partial charge in [-0.1, -0.05) is 0 Å². The van der Waals surface area contributed by atoms with Crippen molar-refractivity contribution in [2.24, 2.45) is 5.92 Å². The van der Waals surface area contributed by atoms with Crippen LogP contribution in [0.4, 0.5) is 4.39 Å². The van der Waals surface area contributed by atoms with Crippen LogP contribution in [-0.2, 0) is 4.79 Å². The third-order valence-electron chi connectivity index (χ3n) is 1.75. The normalized spacial score (nSPS) is 34.8. The van der Waals surface area contributed by atoms with Crippen molar-refractivity contribution >= 4 is 5.97 Å². The van der Waals surface area contributed by atoms with Crippen molar-refractivity contribution in [1.82, 2.24) is 0 Å². The van der Waals surface area contributed by atoms with E-state index in [-0.39, 0.29) is 0 Å². The van der Waals surface area contributed by atoms with Gasteiger partial charge < -0.3 is 5.11 Å². The lowest BCUT2D eigenvalue weighted by Crippen LogP contribution is -2.18. The molecule has 2 atom stereocenters. The zero-order valence-electron chi connectivity index (χ0n) is 5.01. The highest BCUT2D eigenvalue weighted by molar-refractivity contribution is 5.71. The summed E-state index contributed by atoms with van der Waals surface area (Å²) >= 11 is 0. The van der Waals surface area contributed by atoms with Crippen molar-refractivity contribution in [3.05, 3.63) is 0 Å². The second kappa shape index (κ2) is 2.33. The Bertz CT molecular complexity index is 124. The minimum atomic E-state index is -1.09. The summed E-state index contributed by atoms with van der Waals surface area (Å²) in [5.74, 6) is -1.70. The molecule has 1 aliphatic rings. The molecule has 1 N–H and O–H groups in total. The molecule has 1 rings (SSSR count). The van der Waals surface area contributed by atoms with Crippen molar-refractivity contribution in [3.63, 3.8) is 0 Å². The lowest BCUT2D eigenvalue weighted by molar-refractivity contribution is -0.143. The number of hydrogen-bond acceptors (Lipinski definition) is 1. The van der Waals surface area contributed by atoms with Crippen LogP contribution in [0, 0.1) is 5.92 Å². The first-order valence-electron chi connectivity index (χ1n) is 3.08. The minimum Gasteiger partial charge on any atom is -0.481 e. The Morgan fingerprint density at radius 3 is 2.44 bits per heavy atom. The van der Waals surface area contributed by atoms with Crippen LogP contribution < -0.4 is 0 Å². The van der Waals surface area contributed by atoms with Crippen molar-refractivity contribution in [2.45, 2.75) is 25.4 Å². The van der Waals surface area contributed by atoms with E-state index >= 15 is 0 Å². The molecule has 0 aromatic carbocycles. The highest BCUT2D eigenvalue weighted by Gasteiger charge is 2.32. The number of hydrogen-bond donors (Lipinski definition) is 1. The van der Waals surface area contributed by atoms with E-state index in [4.69, 9.17) is 5.11 Å². The standard InChI is InChI=1S/C6H9FO2/c7-5-3-1-2-4(5)6(8)9/h4-5H,1-3H2,(H,8,9). The van der Waals surface area contributed by atoms with Gasteiger partial charge in [0, 0.05) is 0 Å². The molecule has 0 bridgehead atoms. The molecule has 0 amide bonds. The van der Waals surface area contributed by atoms with Gasteiger partial charge >= 0.3 is 5.97 Å². The van der Waals surface area contributed by atoms with E-state index in [0.717, 1.165) is 6.42 Å². The minimum absolute atomic E-state index is 0.428. The van der Waals surface area contributed by atoms with E-state index < -0.39 is 18.1 Å². The largest absolute Gasteiger partial charge is 0.481 e. The number of aliphatic carboxylic acids is 1. The first-order chi connectivity index (χ1) is 4.22. The van der Waals surface area contributed by atoms with E-state index in [1.807, 2.05) is 0 Å². The van der Waals surface area contributed by atoms with E-state index in [2.05, 4.69) is 0 Å². The first kappa shape index (κ1) is 6.52. The summed E-state index contributed by atoms with van der Waals surface area (Å²) in [5.41, 5.74) is 0. The van der Waals surface area contributed by atoms with Crippen LogP contribution in [0.1, 0.15) is 19.3 Å². The van der Waals surface area contributed by atoms with Gasteiger partial charge in [0.2, 0.25) is 0 Å². The van der Waals surface area contributed by atoms with Crippen molar-refractivity contribution in [1.29, 1.82) is 0 Å². The van der Waals surface area contributed by atoms with Crippen LogP contribution >= 0.6 is 0 Å². The van der Waals surface area contributed by atoms with Gasteiger partial charge in [-0.2, -0.15) is 0 Å². The fourth-order valence-electron chi connectivity index (χ4n) is 1.19. The Morgan fingerprint density at radius 1 is 1.56 bits per heavy atom. The van der Waals surface area contributed by atoms with Crippen LogP contribution in [0.25, 0.3) is 0 Å². The van der Waals surface area contributed by atoms with Crippen molar-refractivity contribution in [2.75, 3.05) is 0 Å². The summed E-state index contributed by atoms with van der Waals surface area (Å²) in [5, 5.41) is 8.34. The average molecular weight is 132 g/mol. The third kappa shape index (κ3) is 1.20. The number of carboxylic acids is 1. The Labute approximate surface area is 52.7 Å². The molecular weight excluding hydrogens is 123 g/mol. The first-order valence-corrected chi connectivity index (χ1v) is 3.08. The van der Waals surface area contributed by atoms with Gasteiger partial charge in [-0.05, 0) is 19.3 Å². The number of carbonyl (C=O) groups is 1. The Kier molecular flexibility index (Phi) is 1.69. The number of carboxylic acid groups (broad SMARTS) is 1. The topological polar surface area (TPSA) is 37.3 Å². The van der Waals surface area contributed by atoms with E-state index in [1.165, 1.54) is 0 Å². The van der Waals surface area contributed by atoms with Crippen LogP contribution in [0.2, 0.25) is 0 Å². The van der Waals surface area contributed by atoms with Gasteiger partial charge in [0.25, 0.3) is 0 Å². The summed E-state index contributed by atoms with van der Waals surface area (Å²) in [7, 11) is 0. The Morgan fingerprint density at radius 2 is 2.22 bits per heavy atom. The van der Waals surface area contributed by atoms with Gasteiger partial charge in [0.05, 0.1) is 5.92 Å². The SMILES string of the molecule is O=C(O)C1CCCC1F. The molecule has 0 aliphatic heterocycles. The average Bonchev–Trinajstić information content (AvgIpc) is 2.13. The molecule has 0 aromatic heterocycles. The molecule has 0 spiro atoms. The smallest absolute Gasteiger partial charge is 0.309 e. The monoisotopic (exact) mass is 132 g/mol. The second-order valence-electron chi connectivity index (χ2n) is 2.39. The summed E-state index contributed by atoms with van der Waals surface area (Å²) in [4.78, 5) is 10.2. The second-order valence-corrected chi connectivity index (χ2v) is 2.39. The summed E-state index contributed by atoms with van der Waals surface area (Å²) in [6.45, 7) is 0. The van der Waals surface area contributed by atoms with Crippen molar-refractivity contribution in [3.8, 4) is 0 Å². The Hall–Kier alpha value is -0.600.